The fourth-order valence-electron chi connectivity index (χ4n) is 5.04. The number of furan rings is 1. The molecule has 3 aliphatic carbocycles. The highest BCUT2D eigenvalue weighted by Gasteiger charge is 2.59. The van der Waals surface area contributed by atoms with Crippen LogP contribution in [-0.2, 0) is 20.4 Å². The third kappa shape index (κ3) is 4.27. The minimum absolute atomic E-state index is 0.264. The normalized spacial score (nSPS) is 28.5. The number of sulfonamides is 1. The number of aromatic nitrogens is 1. The summed E-state index contributed by atoms with van der Waals surface area (Å²) >= 11 is 6.03. The first-order valence-electron chi connectivity index (χ1n) is 11.6. The van der Waals surface area contributed by atoms with Gasteiger partial charge < -0.3 is 19.9 Å². The maximum atomic E-state index is 12.8. The quantitative estimate of drug-likeness (QED) is 0.265. The Bertz CT molecular complexity index is 1640. The summed E-state index contributed by atoms with van der Waals surface area (Å²) in [6, 6.07) is 7.43. The van der Waals surface area contributed by atoms with Crippen LogP contribution in [0, 0.1) is 23.2 Å². The predicted octanol–water partition coefficient (Wildman–Crippen LogP) is 1.72. The van der Waals surface area contributed by atoms with Gasteiger partial charge in [-0.15, -0.1) is 0 Å². The minimum Gasteiger partial charge on any atom is -0.439 e. The zero-order chi connectivity index (χ0) is 26.2. The molecule has 37 heavy (non-hydrogen) atoms. The van der Waals surface area contributed by atoms with Crippen LogP contribution in [0.2, 0.25) is 5.02 Å². The van der Waals surface area contributed by atoms with E-state index in [1.54, 1.807) is 18.2 Å². The van der Waals surface area contributed by atoms with Gasteiger partial charge >= 0.3 is 0 Å². The molecule has 0 unspecified atom stereocenters. The highest BCUT2D eigenvalue weighted by Crippen LogP contribution is 2.57. The van der Waals surface area contributed by atoms with E-state index in [2.05, 4.69) is 22.1 Å². The molecule has 2 aromatic heterocycles. The molecule has 0 aliphatic heterocycles. The number of nitrogens with two attached hydrogens (primary N) is 2. The topological polar surface area (TPSA) is 184 Å². The number of rotatable bonds is 6. The Morgan fingerprint density at radius 3 is 2.57 bits per heavy atom. The van der Waals surface area contributed by atoms with E-state index in [4.69, 9.17) is 31.9 Å². The van der Waals surface area contributed by atoms with Crippen molar-refractivity contribution in [2.45, 2.75) is 48.4 Å². The first-order chi connectivity index (χ1) is 17.4. The molecule has 1 atom stereocenters. The van der Waals surface area contributed by atoms with Crippen LogP contribution in [0.25, 0.3) is 11.1 Å². The van der Waals surface area contributed by atoms with Gasteiger partial charge in [-0.25, -0.2) is 9.71 Å². The fraction of sp³-hybridized carbons (Fsp3) is 0.375. The van der Waals surface area contributed by atoms with Gasteiger partial charge in [0.05, 0.1) is 5.54 Å². The lowest BCUT2D eigenvalue weighted by atomic mass is 9.57. The van der Waals surface area contributed by atoms with Gasteiger partial charge in [-0.1, -0.05) is 23.4 Å². The van der Waals surface area contributed by atoms with Crippen molar-refractivity contribution in [3.05, 3.63) is 47.0 Å². The number of carbonyl (C=O) groups is 2. The number of oxazole rings is 1. The molecule has 2 heterocycles. The summed E-state index contributed by atoms with van der Waals surface area (Å²) in [7, 11) is -4.23. The van der Waals surface area contributed by atoms with E-state index in [9.17, 15) is 18.0 Å². The molecular formula is C24H22ClN5O6S. The zero-order valence-corrected chi connectivity index (χ0v) is 20.9. The van der Waals surface area contributed by atoms with Gasteiger partial charge in [0.25, 0.3) is 15.9 Å². The molecule has 3 aromatic rings. The van der Waals surface area contributed by atoms with E-state index >= 15 is 0 Å². The third-order valence-corrected chi connectivity index (χ3v) is 8.29. The van der Waals surface area contributed by atoms with Crippen molar-refractivity contribution in [3.8, 4) is 11.8 Å². The van der Waals surface area contributed by atoms with Crippen molar-refractivity contribution >= 4 is 44.5 Å². The monoisotopic (exact) mass is 543 g/mol. The van der Waals surface area contributed by atoms with E-state index in [0.717, 1.165) is 6.07 Å². The molecule has 1 spiro atoms. The highest BCUT2D eigenvalue weighted by molar-refractivity contribution is 7.89. The van der Waals surface area contributed by atoms with Crippen LogP contribution >= 0.6 is 11.6 Å². The van der Waals surface area contributed by atoms with Gasteiger partial charge in [0, 0.05) is 22.8 Å². The van der Waals surface area contributed by atoms with Gasteiger partial charge in [0.1, 0.15) is 5.52 Å². The number of nitrogens with one attached hydrogen (secondary N) is 2. The molecule has 192 valence electrons. The Hall–Kier alpha value is -3.37. The van der Waals surface area contributed by atoms with Crippen molar-refractivity contribution in [3.63, 3.8) is 0 Å². The van der Waals surface area contributed by atoms with Gasteiger partial charge in [0.2, 0.25) is 16.9 Å². The first-order valence-corrected chi connectivity index (χ1v) is 13.4. The number of hydrogen-bond acceptors (Lipinski definition) is 9. The number of fused-ring (bicyclic) bond motifs is 1. The Kier molecular flexibility index (Phi) is 5.07. The molecule has 3 aliphatic rings. The lowest BCUT2D eigenvalue weighted by Gasteiger charge is -2.49. The second kappa shape index (κ2) is 7.82. The van der Waals surface area contributed by atoms with Crippen molar-refractivity contribution in [1.82, 2.24) is 15.0 Å². The second-order valence-corrected chi connectivity index (χ2v) is 12.2. The van der Waals surface area contributed by atoms with E-state index in [0.29, 0.717) is 47.7 Å². The summed E-state index contributed by atoms with van der Waals surface area (Å²) in [6.07, 6.45) is 2.39. The van der Waals surface area contributed by atoms with Crippen molar-refractivity contribution in [2.75, 3.05) is 0 Å². The van der Waals surface area contributed by atoms with Crippen molar-refractivity contribution in [2.24, 2.45) is 22.8 Å². The molecule has 0 saturated heterocycles. The van der Waals surface area contributed by atoms with Crippen LogP contribution in [-0.4, -0.2) is 30.9 Å². The second-order valence-electron chi connectivity index (χ2n) is 10.1. The van der Waals surface area contributed by atoms with Gasteiger partial charge in [-0.2, -0.15) is 8.42 Å². The molecule has 1 aromatic carbocycles. The predicted molar refractivity (Wildman–Crippen MR) is 130 cm³/mol. The van der Waals surface area contributed by atoms with E-state index < -0.39 is 43.5 Å². The van der Waals surface area contributed by atoms with Crippen LogP contribution < -0.4 is 21.5 Å². The van der Waals surface area contributed by atoms with E-state index in [1.807, 2.05) is 4.72 Å². The van der Waals surface area contributed by atoms with Crippen LogP contribution in [0.5, 0.6) is 0 Å². The number of amides is 2. The standard InChI is InChI=1S/C24H22ClN5O6S/c25-14-3-4-16-15(9-14)28-21(36-16)23(26)10-22(11-23)7-8-24(27,12-22)29-20(32)17-5-6-18(35-17)37(33,34)30-19(31)13-1-2-13/h3-6,9,13H,1-2,10-12,26-27H2,(H,29,32)(H,30,31)/t22?,23?,24-/m0/s1. The Labute approximate surface area is 216 Å². The van der Waals surface area contributed by atoms with E-state index in [-0.39, 0.29) is 18.1 Å². The molecule has 6 rings (SSSR count). The minimum atomic E-state index is -4.23. The number of hydrogen-bond donors (Lipinski definition) is 4. The summed E-state index contributed by atoms with van der Waals surface area (Å²) in [5, 5.41) is 2.61. The Morgan fingerprint density at radius 2 is 1.84 bits per heavy atom. The van der Waals surface area contributed by atoms with Crippen LogP contribution in [0.4, 0.5) is 0 Å². The van der Waals surface area contributed by atoms with Crippen LogP contribution in [0.15, 0.2) is 44.3 Å². The highest BCUT2D eigenvalue weighted by atomic mass is 35.5. The number of nitrogens with zero attached hydrogens (tertiary/aromatic N) is 1. The summed E-state index contributed by atoms with van der Waals surface area (Å²) in [4.78, 5) is 29.1. The fourth-order valence-corrected chi connectivity index (χ4v) is 6.18. The smallest absolute Gasteiger partial charge is 0.297 e. The summed E-state index contributed by atoms with van der Waals surface area (Å²) in [6.45, 7) is 0. The van der Waals surface area contributed by atoms with Crippen molar-refractivity contribution < 1.29 is 26.8 Å². The lowest BCUT2D eigenvalue weighted by molar-refractivity contribution is -0.120. The lowest BCUT2D eigenvalue weighted by Crippen LogP contribution is -2.60. The Morgan fingerprint density at radius 1 is 1.08 bits per heavy atom. The molecule has 2 saturated carbocycles. The molecular weight excluding hydrogens is 522 g/mol. The zero-order valence-electron chi connectivity index (χ0n) is 19.3. The van der Waals surface area contributed by atoms with Crippen LogP contribution in [0.1, 0.15) is 48.5 Å². The molecule has 0 radical (unpaired) electrons. The molecule has 2 fully saturated rings. The van der Waals surface area contributed by atoms with Gasteiger partial charge in [0.15, 0.2) is 17.0 Å². The molecule has 6 N–H and O–H groups in total. The molecule has 13 heteroatoms. The Balaban J connectivity index is 1.11. The molecule has 0 bridgehead atoms. The van der Waals surface area contributed by atoms with Gasteiger partial charge in [-0.3, -0.25) is 15.3 Å². The average molecular weight is 544 g/mol. The molecule has 2 amide bonds. The number of benzene rings is 1. The third-order valence-electron chi connectivity index (χ3n) is 6.84. The summed E-state index contributed by atoms with van der Waals surface area (Å²) in [5.41, 5.74) is 11.4. The first kappa shape index (κ1) is 24.0. The SMILES string of the molecule is NC1(c2nc3cc(Cl)ccc3o2)CC2(C#C[C@](N)(NC(=O)c3ccc(S(=O)(=O)NC(=O)C4CC4)o3)C2)C1. The molecule has 11 nitrogen and oxygen atoms in total. The largest absolute Gasteiger partial charge is 0.439 e. The summed E-state index contributed by atoms with van der Waals surface area (Å²) < 4.78 is 37.8. The van der Waals surface area contributed by atoms with E-state index in [1.165, 1.54) is 6.07 Å². The number of halogens is 1. The summed E-state index contributed by atoms with van der Waals surface area (Å²) in [5.74, 6) is 4.47. The van der Waals surface area contributed by atoms with Crippen molar-refractivity contribution in [1.29, 1.82) is 0 Å². The average Bonchev–Trinajstić information content (AvgIpc) is 3.22. The van der Waals surface area contributed by atoms with Crippen LogP contribution in [0.3, 0.4) is 0 Å². The maximum Gasteiger partial charge on any atom is 0.297 e. The van der Waals surface area contributed by atoms with Gasteiger partial charge in [-0.05, 0) is 56.0 Å². The number of carbonyl (C=O) groups excluding carboxylic acids is 2. The maximum absolute atomic E-state index is 12.8.